The zero-order valence-corrected chi connectivity index (χ0v) is 13.6. The van der Waals surface area contributed by atoms with Gasteiger partial charge in [-0.1, -0.05) is 58.3 Å². The highest BCUT2D eigenvalue weighted by Crippen LogP contribution is 2.10. The Balaban J connectivity index is 3.53. The Hall–Kier alpha value is -0.650. The van der Waals surface area contributed by atoms with Gasteiger partial charge in [0.05, 0.1) is 12.2 Å². The summed E-state index contributed by atoms with van der Waals surface area (Å²) >= 11 is 0. The molecular weight excluding hydrogens is 270 g/mol. The second kappa shape index (κ2) is 13.0. The van der Waals surface area contributed by atoms with Crippen LogP contribution in [0.4, 0.5) is 0 Å². The lowest BCUT2D eigenvalue weighted by molar-refractivity contribution is -0.142. The second-order valence-corrected chi connectivity index (χ2v) is 5.88. The van der Waals surface area contributed by atoms with Gasteiger partial charge in [-0.25, -0.2) is 0 Å². The normalized spacial score (nSPS) is 15.6. The van der Waals surface area contributed by atoms with Crippen molar-refractivity contribution in [3.8, 4) is 0 Å². The summed E-state index contributed by atoms with van der Waals surface area (Å²) in [7, 11) is 0. The summed E-state index contributed by atoms with van der Waals surface area (Å²) in [6.45, 7) is 3.84. The third kappa shape index (κ3) is 11.7. The van der Waals surface area contributed by atoms with E-state index in [1.54, 1.807) is 0 Å². The van der Waals surface area contributed by atoms with E-state index in [0.29, 0.717) is 6.42 Å². The first kappa shape index (κ1) is 20.3. The largest absolute Gasteiger partial charge is 0.480 e. The molecule has 5 nitrogen and oxygen atoms in total. The summed E-state index contributed by atoms with van der Waals surface area (Å²) in [5, 5.41) is 30.7. The van der Waals surface area contributed by atoms with Gasteiger partial charge >= 0.3 is 5.97 Å². The average molecular weight is 303 g/mol. The van der Waals surface area contributed by atoms with Crippen LogP contribution in [0.2, 0.25) is 0 Å². The van der Waals surface area contributed by atoms with Crippen LogP contribution in [-0.2, 0) is 4.79 Å². The van der Waals surface area contributed by atoms with Crippen LogP contribution in [0.5, 0.6) is 0 Å². The van der Waals surface area contributed by atoms with E-state index in [1.807, 2.05) is 0 Å². The van der Waals surface area contributed by atoms with E-state index in [0.717, 1.165) is 12.8 Å². The third-order valence-corrected chi connectivity index (χ3v) is 3.71. The van der Waals surface area contributed by atoms with Gasteiger partial charge in [-0.15, -0.1) is 0 Å². The molecule has 0 saturated heterocycles. The second-order valence-electron chi connectivity index (χ2n) is 5.88. The van der Waals surface area contributed by atoms with E-state index >= 15 is 0 Å². The van der Waals surface area contributed by atoms with Crippen LogP contribution in [0.25, 0.3) is 0 Å². The molecule has 0 rings (SSSR count). The van der Waals surface area contributed by atoms with Gasteiger partial charge in [0.15, 0.2) is 0 Å². The molecule has 0 fully saturated rings. The SMILES string of the molecule is CCCCCCCCCCC(O)CN[C@H](C(=O)O)[C@@H](C)O. The quantitative estimate of drug-likeness (QED) is 0.370. The molecule has 0 aromatic carbocycles. The molecule has 0 saturated carbocycles. The lowest BCUT2D eigenvalue weighted by Crippen LogP contribution is -2.47. The zero-order valence-electron chi connectivity index (χ0n) is 13.6. The first-order valence-corrected chi connectivity index (χ1v) is 8.31. The molecule has 0 heterocycles. The fourth-order valence-corrected chi connectivity index (χ4v) is 2.34. The van der Waals surface area contributed by atoms with E-state index < -0.39 is 24.2 Å². The molecule has 5 heteroatoms. The summed E-state index contributed by atoms with van der Waals surface area (Å²) in [6.07, 6.45) is 8.89. The molecule has 4 N–H and O–H groups in total. The number of aliphatic carboxylic acids is 1. The highest BCUT2D eigenvalue weighted by atomic mass is 16.4. The van der Waals surface area contributed by atoms with Crippen molar-refractivity contribution in [3.05, 3.63) is 0 Å². The molecule has 0 aromatic heterocycles. The maximum Gasteiger partial charge on any atom is 0.323 e. The number of carbonyl (C=O) groups is 1. The molecule has 3 atom stereocenters. The number of aliphatic hydroxyl groups excluding tert-OH is 2. The van der Waals surface area contributed by atoms with Crippen LogP contribution in [0.1, 0.15) is 71.6 Å². The number of nitrogens with one attached hydrogen (secondary N) is 1. The maximum atomic E-state index is 10.9. The Bertz CT molecular complexity index is 259. The van der Waals surface area contributed by atoms with Crippen LogP contribution >= 0.6 is 0 Å². The van der Waals surface area contributed by atoms with Crippen molar-refractivity contribution in [1.82, 2.24) is 5.32 Å². The lowest BCUT2D eigenvalue weighted by atomic mass is 10.1. The summed E-state index contributed by atoms with van der Waals surface area (Å²) in [4.78, 5) is 10.9. The van der Waals surface area contributed by atoms with Gasteiger partial charge in [0, 0.05) is 6.54 Å². The minimum atomic E-state index is -1.09. The molecule has 0 aliphatic carbocycles. The van der Waals surface area contributed by atoms with Gasteiger partial charge < -0.3 is 15.3 Å². The van der Waals surface area contributed by atoms with Crippen LogP contribution < -0.4 is 5.32 Å². The van der Waals surface area contributed by atoms with Gasteiger partial charge in [-0.3, -0.25) is 10.1 Å². The van der Waals surface area contributed by atoms with Crippen molar-refractivity contribution in [2.75, 3.05) is 6.54 Å². The molecule has 0 aliphatic rings. The molecule has 0 bridgehead atoms. The number of hydrogen-bond acceptors (Lipinski definition) is 4. The van der Waals surface area contributed by atoms with Crippen molar-refractivity contribution in [3.63, 3.8) is 0 Å². The van der Waals surface area contributed by atoms with Gasteiger partial charge in [-0.05, 0) is 13.3 Å². The Morgan fingerprint density at radius 1 is 1.00 bits per heavy atom. The first-order valence-electron chi connectivity index (χ1n) is 8.31. The summed E-state index contributed by atoms with van der Waals surface area (Å²) in [6, 6.07) is -1.02. The van der Waals surface area contributed by atoms with Gasteiger partial charge in [0.2, 0.25) is 0 Å². The predicted octanol–water partition coefficient (Wildman–Crippen LogP) is 2.30. The van der Waals surface area contributed by atoms with E-state index in [4.69, 9.17) is 5.11 Å². The smallest absolute Gasteiger partial charge is 0.323 e. The lowest BCUT2D eigenvalue weighted by Gasteiger charge is -2.19. The van der Waals surface area contributed by atoms with E-state index in [1.165, 1.54) is 45.4 Å². The molecule has 0 aliphatic heterocycles. The molecular formula is C16H33NO4. The highest BCUT2D eigenvalue weighted by Gasteiger charge is 2.22. The number of unbranched alkanes of at least 4 members (excludes halogenated alkanes) is 7. The fourth-order valence-electron chi connectivity index (χ4n) is 2.34. The van der Waals surface area contributed by atoms with Crippen molar-refractivity contribution in [2.45, 2.75) is 89.9 Å². The maximum absolute atomic E-state index is 10.9. The predicted molar refractivity (Wildman–Crippen MR) is 84.3 cm³/mol. The number of rotatable bonds is 14. The highest BCUT2D eigenvalue weighted by molar-refractivity contribution is 5.74. The molecule has 0 spiro atoms. The Morgan fingerprint density at radius 2 is 1.52 bits per heavy atom. The van der Waals surface area contributed by atoms with Crippen LogP contribution in [0.3, 0.4) is 0 Å². The van der Waals surface area contributed by atoms with E-state index in [2.05, 4.69) is 12.2 Å². The number of aliphatic hydroxyl groups is 2. The fraction of sp³-hybridized carbons (Fsp3) is 0.938. The standard InChI is InChI=1S/C16H33NO4/c1-3-4-5-6-7-8-9-10-11-14(19)12-17-15(13(2)18)16(20)21/h13-15,17-19H,3-12H2,1-2H3,(H,20,21)/t13-,14?,15+/m1/s1. The molecule has 0 amide bonds. The minimum Gasteiger partial charge on any atom is -0.480 e. The number of carboxylic acids is 1. The van der Waals surface area contributed by atoms with Crippen LogP contribution in [-0.4, -0.2) is 46.1 Å². The van der Waals surface area contributed by atoms with Crippen molar-refractivity contribution >= 4 is 5.97 Å². The average Bonchev–Trinajstić information content (AvgIpc) is 2.41. The Labute approximate surface area is 128 Å². The summed E-state index contributed by atoms with van der Waals surface area (Å²) in [5.74, 6) is -1.09. The molecule has 0 radical (unpaired) electrons. The Kier molecular flexibility index (Phi) is 12.6. The number of hydrogen-bond donors (Lipinski definition) is 4. The zero-order chi connectivity index (χ0) is 16.1. The van der Waals surface area contributed by atoms with Gasteiger partial charge in [0.25, 0.3) is 0 Å². The monoisotopic (exact) mass is 303 g/mol. The van der Waals surface area contributed by atoms with Crippen molar-refractivity contribution in [1.29, 1.82) is 0 Å². The van der Waals surface area contributed by atoms with Crippen molar-refractivity contribution in [2.24, 2.45) is 0 Å². The topological polar surface area (TPSA) is 89.8 Å². The molecule has 1 unspecified atom stereocenters. The first-order chi connectivity index (χ1) is 9.99. The molecule has 126 valence electrons. The summed E-state index contributed by atoms with van der Waals surface area (Å²) in [5.41, 5.74) is 0. The van der Waals surface area contributed by atoms with Gasteiger partial charge in [-0.2, -0.15) is 0 Å². The third-order valence-electron chi connectivity index (χ3n) is 3.71. The van der Waals surface area contributed by atoms with E-state index in [-0.39, 0.29) is 6.54 Å². The molecule has 21 heavy (non-hydrogen) atoms. The van der Waals surface area contributed by atoms with Crippen LogP contribution in [0.15, 0.2) is 0 Å². The van der Waals surface area contributed by atoms with Crippen molar-refractivity contribution < 1.29 is 20.1 Å². The number of carboxylic acid groups (broad SMARTS) is 1. The van der Waals surface area contributed by atoms with E-state index in [9.17, 15) is 15.0 Å². The van der Waals surface area contributed by atoms with Crippen LogP contribution in [0, 0.1) is 0 Å². The molecule has 0 aromatic rings. The minimum absolute atomic E-state index is 0.207. The van der Waals surface area contributed by atoms with Gasteiger partial charge in [0.1, 0.15) is 6.04 Å². The Morgan fingerprint density at radius 3 is 2.00 bits per heavy atom. The summed E-state index contributed by atoms with van der Waals surface area (Å²) < 4.78 is 0.